The first-order chi connectivity index (χ1) is 12.4. The lowest BCUT2D eigenvalue weighted by molar-refractivity contribution is -0.871. The predicted molar refractivity (Wildman–Crippen MR) is 94.5 cm³/mol. The molecule has 4 nitrogen and oxygen atoms in total. The van der Waals surface area contributed by atoms with Crippen LogP contribution in [0.3, 0.4) is 0 Å². The number of likely N-dealkylation sites (tertiary alicyclic amines) is 1. The molecule has 3 rings (SSSR count). The van der Waals surface area contributed by atoms with Crippen molar-refractivity contribution in [2.24, 2.45) is 5.73 Å². The Morgan fingerprint density at radius 1 is 1.08 bits per heavy atom. The van der Waals surface area contributed by atoms with Crippen molar-refractivity contribution in [2.75, 3.05) is 13.1 Å². The van der Waals surface area contributed by atoms with Gasteiger partial charge in [0.2, 0.25) is 0 Å². The van der Waals surface area contributed by atoms with Gasteiger partial charge in [-0.25, -0.2) is 13.3 Å². The molecule has 0 radical (unpaired) electrons. The van der Waals surface area contributed by atoms with Crippen LogP contribution in [-0.4, -0.2) is 34.8 Å². The molecule has 1 aliphatic rings. The Labute approximate surface area is 151 Å². The van der Waals surface area contributed by atoms with E-state index in [1.54, 1.807) is 6.07 Å². The van der Waals surface area contributed by atoms with Gasteiger partial charge in [0.1, 0.15) is 13.1 Å². The van der Waals surface area contributed by atoms with Crippen LogP contribution in [-0.2, 0) is 6.54 Å². The minimum absolute atomic E-state index is 0.179. The smallest absolute Gasteiger partial charge is 0.435 e. The fourth-order valence-electron chi connectivity index (χ4n) is 3.92. The highest BCUT2D eigenvalue weighted by molar-refractivity contribution is 5.57. The zero-order chi connectivity index (χ0) is 18.7. The van der Waals surface area contributed by atoms with Crippen molar-refractivity contribution in [3.8, 4) is 0 Å². The Kier molecular flexibility index (Phi) is 5.34. The summed E-state index contributed by atoms with van der Waals surface area (Å²) in [7, 11) is 0. The van der Waals surface area contributed by atoms with E-state index in [0.717, 1.165) is 11.6 Å². The summed E-state index contributed by atoms with van der Waals surface area (Å²) < 4.78 is 27.7. The standard InChI is InChI=1S/C20H22F2N2O2/c21-18-8-4-7-17(19(18)22)15-9-10-16(23)13-24(12-15,20(25)26)11-14-5-2-1-3-6-14/h1-8,15-16H,9-13,23H2/p+1/t15-,16-,24?/m1/s1. The molecule has 1 unspecified atom stereocenters. The maximum atomic E-state index is 14.3. The number of rotatable bonds is 3. The number of hydrogen-bond donors (Lipinski definition) is 2. The SMILES string of the molecule is N[C@@H]1CC[C@@H](c2cccc(F)c2F)C[N+](Cc2ccccc2)(C(=O)O)C1. The van der Waals surface area contributed by atoms with Crippen LogP contribution < -0.4 is 5.73 Å². The van der Waals surface area contributed by atoms with Gasteiger partial charge in [-0.15, -0.1) is 0 Å². The van der Waals surface area contributed by atoms with Crippen LogP contribution in [0.4, 0.5) is 13.6 Å². The number of amides is 1. The monoisotopic (exact) mass is 361 g/mol. The topological polar surface area (TPSA) is 63.3 Å². The summed E-state index contributed by atoms with van der Waals surface area (Å²) in [6.07, 6.45) is 0.111. The first-order valence-electron chi connectivity index (χ1n) is 8.74. The minimum Gasteiger partial charge on any atom is -0.435 e. The molecule has 3 atom stereocenters. The van der Waals surface area contributed by atoms with Crippen LogP contribution in [0.25, 0.3) is 0 Å². The third-order valence-corrected chi connectivity index (χ3v) is 5.19. The summed E-state index contributed by atoms with van der Waals surface area (Å²) in [4.78, 5) is 12.3. The highest BCUT2D eigenvalue weighted by Gasteiger charge is 2.44. The number of nitrogens with zero attached hydrogens (tertiary/aromatic N) is 1. The van der Waals surface area contributed by atoms with Gasteiger partial charge >= 0.3 is 6.09 Å². The van der Waals surface area contributed by atoms with Crippen molar-refractivity contribution in [2.45, 2.75) is 31.3 Å². The highest BCUT2D eigenvalue weighted by atomic mass is 19.2. The molecule has 1 amide bonds. The number of hydrogen-bond acceptors (Lipinski definition) is 2. The highest BCUT2D eigenvalue weighted by Crippen LogP contribution is 2.33. The number of carboxylic acid groups (broad SMARTS) is 1. The first-order valence-corrected chi connectivity index (χ1v) is 8.74. The second-order valence-electron chi connectivity index (χ2n) is 7.11. The van der Waals surface area contributed by atoms with Crippen LogP contribution in [0.1, 0.15) is 29.9 Å². The van der Waals surface area contributed by atoms with E-state index in [2.05, 4.69) is 0 Å². The van der Waals surface area contributed by atoms with Crippen molar-refractivity contribution in [1.29, 1.82) is 0 Å². The Hall–Kier alpha value is -2.31. The molecular weight excluding hydrogens is 338 g/mol. The maximum absolute atomic E-state index is 14.3. The van der Waals surface area contributed by atoms with Gasteiger partial charge in [0, 0.05) is 11.5 Å². The number of quaternary nitrogens is 1. The molecule has 2 aromatic carbocycles. The van der Waals surface area contributed by atoms with Crippen molar-refractivity contribution < 1.29 is 23.2 Å². The average molecular weight is 361 g/mol. The lowest BCUT2D eigenvalue weighted by Crippen LogP contribution is -2.56. The molecule has 26 heavy (non-hydrogen) atoms. The summed E-state index contributed by atoms with van der Waals surface area (Å²) in [5, 5.41) is 10.0. The number of halogens is 2. The van der Waals surface area contributed by atoms with E-state index < -0.39 is 23.6 Å². The normalized spacial score (nSPS) is 26.3. The minimum atomic E-state index is -0.993. The molecule has 0 saturated carbocycles. The molecule has 0 aliphatic carbocycles. The van der Waals surface area contributed by atoms with Crippen molar-refractivity contribution in [3.05, 3.63) is 71.3 Å². The first kappa shape index (κ1) is 18.5. The third kappa shape index (κ3) is 3.76. The van der Waals surface area contributed by atoms with Gasteiger partial charge in [-0.2, -0.15) is 4.79 Å². The van der Waals surface area contributed by atoms with Gasteiger partial charge in [0.15, 0.2) is 11.6 Å². The van der Waals surface area contributed by atoms with Gasteiger partial charge in [0.25, 0.3) is 0 Å². The third-order valence-electron chi connectivity index (χ3n) is 5.19. The average Bonchev–Trinajstić information content (AvgIpc) is 2.78. The van der Waals surface area contributed by atoms with Crippen LogP contribution in [0.5, 0.6) is 0 Å². The second kappa shape index (κ2) is 7.51. The molecule has 2 aromatic rings. The molecule has 3 N–H and O–H groups in total. The molecule has 1 heterocycles. The van der Waals surface area contributed by atoms with E-state index in [4.69, 9.17) is 5.73 Å². The van der Waals surface area contributed by atoms with Crippen molar-refractivity contribution in [3.63, 3.8) is 0 Å². The molecule has 1 aliphatic heterocycles. The van der Waals surface area contributed by atoms with E-state index in [1.807, 2.05) is 30.3 Å². The fourth-order valence-corrected chi connectivity index (χ4v) is 3.92. The van der Waals surface area contributed by atoms with Crippen LogP contribution in [0, 0.1) is 11.6 Å². The maximum Gasteiger partial charge on any atom is 0.513 e. The molecule has 0 bridgehead atoms. The van der Waals surface area contributed by atoms with Crippen LogP contribution in [0.2, 0.25) is 0 Å². The zero-order valence-corrected chi connectivity index (χ0v) is 14.4. The van der Waals surface area contributed by atoms with Gasteiger partial charge in [-0.3, -0.25) is 0 Å². The van der Waals surface area contributed by atoms with Gasteiger partial charge < -0.3 is 10.8 Å². The molecular formula is C20H23F2N2O2+. The number of nitrogens with two attached hydrogens (primary N) is 1. The zero-order valence-electron chi connectivity index (χ0n) is 14.4. The summed E-state index contributed by atoms with van der Waals surface area (Å²) in [6.45, 7) is 0.702. The van der Waals surface area contributed by atoms with Gasteiger partial charge in [0.05, 0.1) is 12.6 Å². The quantitative estimate of drug-likeness (QED) is 0.816. The van der Waals surface area contributed by atoms with E-state index >= 15 is 0 Å². The summed E-state index contributed by atoms with van der Waals surface area (Å²) >= 11 is 0. The largest absolute Gasteiger partial charge is 0.513 e. The summed E-state index contributed by atoms with van der Waals surface area (Å²) in [5.41, 5.74) is 7.27. The number of benzene rings is 2. The molecule has 6 heteroatoms. The van der Waals surface area contributed by atoms with E-state index in [-0.39, 0.29) is 35.7 Å². The Morgan fingerprint density at radius 2 is 1.81 bits per heavy atom. The van der Waals surface area contributed by atoms with Gasteiger partial charge in [-0.05, 0) is 24.5 Å². The second-order valence-corrected chi connectivity index (χ2v) is 7.11. The molecule has 0 spiro atoms. The Bertz CT molecular complexity index is 785. The molecule has 1 saturated heterocycles. The Morgan fingerprint density at radius 3 is 2.50 bits per heavy atom. The number of carbonyl (C=O) groups is 1. The van der Waals surface area contributed by atoms with Crippen molar-refractivity contribution in [1.82, 2.24) is 0 Å². The lowest BCUT2D eigenvalue weighted by atomic mass is 9.92. The molecule has 1 fully saturated rings. The predicted octanol–water partition coefficient (Wildman–Crippen LogP) is 3.86. The molecule has 0 aromatic heterocycles. The van der Waals surface area contributed by atoms with Crippen molar-refractivity contribution >= 4 is 6.09 Å². The van der Waals surface area contributed by atoms with E-state index in [9.17, 15) is 18.7 Å². The fraction of sp³-hybridized carbons (Fsp3) is 0.350. The molecule has 138 valence electrons. The van der Waals surface area contributed by atoms with Gasteiger partial charge in [-0.1, -0.05) is 42.5 Å². The van der Waals surface area contributed by atoms with E-state index in [0.29, 0.717) is 12.8 Å². The lowest BCUT2D eigenvalue weighted by Gasteiger charge is -2.35. The Balaban J connectivity index is 1.99. The van der Waals surface area contributed by atoms with Crippen LogP contribution >= 0.6 is 0 Å². The van der Waals surface area contributed by atoms with Crippen LogP contribution in [0.15, 0.2) is 48.5 Å². The summed E-state index contributed by atoms with van der Waals surface area (Å²) in [5.74, 6) is -2.21. The summed E-state index contributed by atoms with van der Waals surface area (Å²) in [6, 6.07) is 13.1. The van der Waals surface area contributed by atoms with E-state index in [1.165, 1.54) is 6.07 Å².